The molecule has 1 aromatic rings. The summed E-state index contributed by atoms with van der Waals surface area (Å²) in [6.45, 7) is 9.14. The van der Waals surface area contributed by atoms with Crippen molar-refractivity contribution in [2.24, 2.45) is 11.3 Å². The van der Waals surface area contributed by atoms with E-state index < -0.39 is 0 Å². The Morgan fingerprint density at radius 2 is 2.17 bits per heavy atom. The van der Waals surface area contributed by atoms with Gasteiger partial charge in [0.05, 0.1) is 0 Å². The summed E-state index contributed by atoms with van der Waals surface area (Å²) < 4.78 is 6.12. The molecule has 1 unspecified atom stereocenters. The van der Waals surface area contributed by atoms with Crippen LogP contribution in [-0.2, 0) is 6.42 Å². The van der Waals surface area contributed by atoms with Crippen LogP contribution in [0.4, 0.5) is 0 Å². The second kappa shape index (κ2) is 4.27. The fraction of sp³-hybridized carbons (Fsp3) is 0.625. The molecule has 2 heterocycles. The van der Waals surface area contributed by atoms with Crippen molar-refractivity contribution in [3.63, 3.8) is 0 Å². The first-order valence-corrected chi connectivity index (χ1v) is 7.06. The average Bonchev–Trinajstić information content (AvgIpc) is 2.64. The Morgan fingerprint density at radius 3 is 2.78 bits per heavy atom. The van der Waals surface area contributed by atoms with E-state index in [2.05, 4.69) is 44.3 Å². The van der Waals surface area contributed by atoms with Crippen LogP contribution in [0.3, 0.4) is 0 Å². The monoisotopic (exact) mass is 245 g/mol. The van der Waals surface area contributed by atoms with E-state index in [0.29, 0.717) is 11.5 Å². The summed E-state index contributed by atoms with van der Waals surface area (Å²) in [7, 11) is 0. The Bertz CT molecular complexity index is 448. The number of aryl methyl sites for hydroxylation is 1. The molecular weight excluding hydrogens is 222 g/mol. The third-order valence-electron chi connectivity index (χ3n) is 4.77. The van der Waals surface area contributed by atoms with E-state index in [1.165, 1.54) is 17.5 Å². The first-order chi connectivity index (χ1) is 8.59. The third-order valence-corrected chi connectivity index (χ3v) is 4.77. The molecule has 2 aliphatic heterocycles. The lowest BCUT2D eigenvalue weighted by atomic mass is 9.68. The van der Waals surface area contributed by atoms with Gasteiger partial charge < -0.3 is 10.1 Å². The van der Waals surface area contributed by atoms with Gasteiger partial charge in [-0.1, -0.05) is 31.5 Å². The zero-order valence-electron chi connectivity index (χ0n) is 11.6. The molecule has 1 N–H and O–H groups in total. The van der Waals surface area contributed by atoms with Crippen molar-refractivity contribution in [2.75, 3.05) is 13.1 Å². The highest BCUT2D eigenvalue weighted by molar-refractivity contribution is 5.40. The minimum absolute atomic E-state index is 0.381. The molecule has 1 atom stereocenters. The highest BCUT2D eigenvalue weighted by atomic mass is 16.5. The van der Waals surface area contributed by atoms with Crippen molar-refractivity contribution in [3.8, 4) is 5.75 Å². The quantitative estimate of drug-likeness (QED) is 0.884. The van der Waals surface area contributed by atoms with Crippen LogP contribution < -0.4 is 10.1 Å². The fourth-order valence-electron chi connectivity index (χ4n) is 3.25. The molecular formula is C16H23NO. The van der Waals surface area contributed by atoms with Crippen molar-refractivity contribution >= 4 is 0 Å². The summed E-state index contributed by atoms with van der Waals surface area (Å²) in [5, 5.41) is 3.43. The van der Waals surface area contributed by atoms with E-state index >= 15 is 0 Å². The maximum absolute atomic E-state index is 6.12. The third kappa shape index (κ3) is 1.93. The predicted molar refractivity (Wildman–Crippen MR) is 74.1 cm³/mol. The molecule has 0 amide bonds. The Hall–Kier alpha value is -1.02. The van der Waals surface area contributed by atoms with Crippen LogP contribution in [0.1, 0.15) is 31.4 Å². The molecule has 0 radical (unpaired) electrons. The molecule has 1 saturated heterocycles. The van der Waals surface area contributed by atoms with E-state index in [1.807, 2.05) is 0 Å². The molecule has 1 aromatic carbocycles. The van der Waals surface area contributed by atoms with Crippen LogP contribution >= 0.6 is 0 Å². The van der Waals surface area contributed by atoms with Gasteiger partial charge in [0.1, 0.15) is 11.9 Å². The lowest BCUT2D eigenvalue weighted by Crippen LogP contribution is -2.58. The number of rotatable bonds is 3. The molecule has 3 rings (SSSR count). The van der Waals surface area contributed by atoms with Crippen LogP contribution in [0.25, 0.3) is 0 Å². The number of benzene rings is 1. The topological polar surface area (TPSA) is 21.3 Å². The van der Waals surface area contributed by atoms with Gasteiger partial charge in [0.15, 0.2) is 0 Å². The summed E-state index contributed by atoms with van der Waals surface area (Å²) in [5.41, 5.74) is 3.19. The van der Waals surface area contributed by atoms with E-state index in [1.54, 1.807) is 0 Å². The second-order valence-corrected chi connectivity index (χ2v) is 6.38. The Morgan fingerprint density at radius 1 is 1.39 bits per heavy atom. The highest BCUT2D eigenvalue weighted by Crippen LogP contribution is 2.41. The molecule has 18 heavy (non-hydrogen) atoms. The Labute approximate surface area is 110 Å². The second-order valence-electron chi connectivity index (χ2n) is 6.38. The number of nitrogens with one attached hydrogen (secondary N) is 1. The van der Waals surface area contributed by atoms with Crippen LogP contribution in [0, 0.1) is 18.3 Å². The zero-order chi connectivity index (χ0) is 12.8. The number of ether oxygens (including phenoxy) is 1. The maximum Gasteiger partial charge on any atom is 0.123 e. The van der Waals surface area contributed by atoms with E-state index in [-0.39, 0.29) is 0 Å². The summed E-state index contributed by atoms with van der Waals surface area (Å²) in [5.74, 6) is 1.84. The fourth-order valence-corrected chi connectivity index (χ4v) is 3.25. The number of hydrogen-bond acceptors (Lipinski definition) is 2. The smallest absolute Gasteiger partial charge is 0.123 e. The van der Waals surface area contributed by atoms with Gasteiger partial charge in [0.25, 0.3) is 0 Å². The Balaban J connectivity index is 1.71. The van der Waals surface area contributed by atoms with Crippen LogP contribution in [0.2, 0.25) is 0 Å². The van der Waals surface area contributed by atoms with Crippen molar-refractivity contribution in [1.29, 1.82) is 0 Å². The van der Waals surface area contributed by atoms with Crippen LogP contribution in [0.15, 0.2) is 18.2 Å². The molecule has 2 aliphatic rings. The first-order valence-electron chi connectivity index (χ1n) is 7.06. The molecule has 0 spiro atoms. The lowest BCUT2D eigenvalue weighted by Gasteiger charge is -2.47. The predicted octanol–water partition coefficient (Wildman–Crippen LogP) is 2.93. The molecule has 98 valence electrons. The van der Waals surface area contributed by atoms with Gasteiger partial charge in [0, 0.05) is 24.9 Å². The summed E-state index contributed by atoms with van der Waals surface area (Å²) in [4.78, 5) is 0. The average molecular weight is 245 g/mol. The molecule has 1 fully saturated rings. The van der Waals surface area contributed by atoms with E-state index in [4.69, 9.17) is 4.74 Å². The van der Waals surface area contributed by atoms with Gasteiger partial charge in [0.2, 0.25) is 0 Å². The summed E-state index contributed by atoms with van der Waals surface area (Å²) in [6, 6.07) is 6.55. The minimum atomic E-state index is 0.381. The van der Waals surface area contributed by atoms with Crippen molar-refractivity contribution in [2.45, 2.75) is 39.7 Å². The highest BCUT2D eigenvalue weighted by Gasteiger charge is 2.43. The molecule has 0 saturated carbocycles. The van der Waals surface area contributed by atoms with Crippen LogP contribution in [0.5, 0.6) is 5.75 Å². The van der Waals surface area contributed by atoms with Gasteiger partial charge >= 0.3 is 0 Å². The maximum atomic E-state index is 6.12. The molecule has 2 heteroatoms. The standard InChI is InChI=1S/C16H23NO/c1-11(2)16(9-17-10-16)8-14-7-13-6-12(3)4-5-15(13)18-14/h4-6,11,14,17H,7-10H2,1-3H3. The zero-order valence-corrected chi connectivity index (χ0v) is 11.6. The largest absolute Gasteiger partial charge is 0.490 e. The number of fused-ring (bicyclic) bond motifs is 1. The molecule has 2 nitrogen and oxygen atoms in total. The molecule has 0 aromatic heterocycles. The van der Waals surface area contributed by atoms with Crippen molar-refractivity contribution in [1.82, 2.24) is 5.32 Å². The van der Waals surface area contributed by atoms with Crippen molar-refractivity contribution < 1.29 is 4.74 Å². The Kier molecular flexibility index (Phi) is 2.86. The van der Waals surface area contributed by atoms with E-state index in [9.17, 15) is 0 Å². The van der Waals surface area contributed by atoms with Gasteiger partial charge in [-0.3, -0.25) is 0 Å². The molecule has 0 aliphatic carbocycles. The van der Waals surface area contributed by atoms with Gasteiger partial charge in [-0.2, -0.15) is 0 Å². The summed E-state index contributed by atoms with van der Waals surface area (Å²) >= 11 is 0. The SMILES string of the molecule is Cc1ccc2c(c1)CC(CC1(C(C)C)CNC1)O2. The minimum Gasteiger partial charge on any atom is -0.490 e. The first kappa shape index (κ1) is 12.0. The van der Waals surface area contributed by atoms with E-state index in [0.717, 1.165) is 31.2 Å². The van der Waals surface area contributed by atoms with Gasteiger partial charge in [-0.25, -0.2) is 0 Å². The van der Waals surface area contributed by atoms with Gasteiger partial charge in [-0.05, 0) is 30.9 Å². The normalized spacial score (nSPS) is 24.6. The lowest BCUT2D eigenvalue weighted by molar-refractivity contribution is 0.0404. The van der Waals surface area contributed by atoms with Crippen molar-refractivity contribution in [3.05, 3.63) is 29.3 Å². The van der Waals surface area contributed by atoms with Gasteiger partial charge in [-0.15, -0.1) is 0 Å². The van der Waals surface area contributed by atoms with Crippen LogP contribution in [-0.4, -0.2) is 19.2 Å². The summed E-state index contributed by atoms with van der Waals surface area (Å²) in [6.07, 6.45) is 2.66. The molecule has 0 bridgehead atoms. The number of hydrogen-bond donors (Lipinski definition) is 1.